The van der Waals surface area contributed by atoms with Crippen LogP contribution in [0.2, 0.25) is 0 Å². The Kier molecular flexibility index (Phi) is 3.97. The second kappa shape index (κ2) is 6.22. The molecule has 2 aromatic carbocycles. The molecule has 0 saturated heterocycles. The molecule has 0 atom stereocenters. The summed E-state index contributed by atoms with van der Waals surface area (Å²) in [6.45, 7) is 0.173. The first-order valence-corrected chi connectivity index (χ1v) is 9.50. The van der Waals surface area contributed by atoms with Gasteiger partial charge in [0, 0.05) is 5.56 Å². The number of hydrogen-bond donors (Lipinski definition) is 1. The summed E-state index contributed by atoms with van der Waals surface area (Å²) in [5.74, 6) is 0.0952. The lowest BCUT2D eigenvalue weighted by Crippen LogP contribution is -2.12. The smallest absolute Gasteiger partial charge is 0.359 e. The maximum Gasteiger partial charge on any atom is 0.359 e. The van der Waals surface area contributed by atoms with Crippen molar-refractivity contribution in [1.29, 1.82) is 0 Å². The summed E-state index contributed by atoms with van der Waals surface area (Å²) < 4.78 is 35.1. The largest absolute Gasteiger partial charge is 0.488 e. The predicted molar refractivity (Wildman–Crippen MR) is 96.0 cm³/mol. The molecular formula is C18H15N3O5S. The number of primary sulfonamides is 1. The van der Waals surface area contributed by atoms with Gasteiger partial charge in [-0.2, -0.15) is 5.10 Å². The van der Waals surface area contributed by atoms with E-state index < -0.39 is 16.0 Å². The van der Waals surface area contributed by atoms with Crippen LogP contribution in [0.4, 0.5) is 0 Å². The van der Waals surface area contributed by atoms with Crippen LogP contribution in [0, 0.1) is 0 Å². The number of rotatable bonds is 3. The lowest BCUT2D eigenvalue weighted by Gasteiger charge is -2.19. The molecule has 0 radical (unpaired) electrons. The maximum absolute atomic E-state index is 12.2. The Morgan fingerprint density at radius 2 is 1.89 bits per heavy atom. The summed E-state index contributed by atoms with van der Waals surface area (Å²) in [7, 11) is -2.52. The molecule has 3 aromatic rings. The SMILES string of the molecule is COC(=O)c1nn(-c2ccc(S(N)(=O)=O)cc2)c2c1COc1ccccc1-2. The summed E-state index contributed by atoms with van der Waals surface area (Å²) in [5.41, 5.74) is 2.80. The molecule has 1 aliphatic rings. The van der Waals surface area contributed by atoms with Crippen molar-refractivity contribution in [2.75, 3.05) is 7.11 Å². The van der Waals surface area contributed by atoms with Gasteiger partial charge in [-0.05, 0) is 36.4 Å². The number of sulfonamides is 1. The number of carbonyl (C=O) groups excluding carboxylic acids is 1. The second-order valence-corrected chi connectivity index (χ2v) is 7.46. The Balaban J connectivity index is 1.94. The zero-order valence-electron chi connectivity index (χ0n) is 14.2. The molecule has 0 aliphatic carbocycles. The van der Waals surface area contributed by atoms with E-state index in [2.05, 4.69) is 5.10 Å². The molecule has 0 bridgehead atoms. The number of ether oxygens (including phenoxy) is 2. The van der Waals surface area contributed by atoms with Crippen molar-refractivity contribution in [1.82, 2.24) is 9.78 Å². The zero-order chi connectivity index (χ0) is 19.2. The molecule has 2 heterocycles. The fourth-order valence-electron chi connectivity index (χ4n) is 3.03. The Morgan fingerprint density at radius 1 is 1.19 bits per heavy atom. The van der Waals surface area contributed by atoms with Crippen LogP contribution >= 0.6 is 0 Å². The molecule has 0 fully saturated rings. The number of carbonyl (C=O) groups is 1. The quantitative estimate of drug-likeness (QED) is 0.689. The molecular weight excluding hydrogens is 370 g/mol. The minimum atomic E-state index is -3.80. The van der Waals surface area contributed by atoms with Crippen molar-refractivity contribution in [2.24, 2.45) is 5.14 Å². The van der Waals surface area contributed by atoms with E-state index in [1.54, 1.807) is 16.8 Å². The first kappa shape index (κ1) is 17.3. The molecule has 27 heavy (non-hydrogen) atoms. The van der Waals surface area contributed by atoms with Crippen LogP contribution in [0.15, 0.2) is 53.4 Å². The van der Waals surface area contributed by atoms with E-state index in [1.165, 1.54) is 19.2 Å². The first-order chi connectivity index (χ1) is 12.9. The van der Waals surface area contributed by atoms with Crippen molar-refractivity contribution in [3.63, 3.8) is 0 Å². The number of benzene rings is 2. The highest BCUT2D eigenvalue weighted by atomic mass is 32.2. The van der Waals surface area contributed by atoms with E-state index in [4.69, 9.17) is 14.6 Å². The van der Waals surface area contributed by atoms with Crippen molar-refractivity contribution in [3.05, 3.63) is 59.8 Å². The average molecular weight is 385 g/mol. The summed E-state index contributed by atoms with van der Waals surface area (Å²) in [6, 6.07) is 13.3. The highest BCUT2D eigenvalue weighted by molar-refractivity contribution is 7.89. The predicted octanol–water partition coefficient (Wildman–Crippen LogP) is 1.87. The lowest BCUT2D eigenvalue weighted by atomic mass is 10.0. The molecule has 1 aliphatic heterocycles. The Bertz CT molecular complexity index is 1150. The van der Waals surface area contributed by atoms with Crippen LogP contribution in [0.1, 0.15) is 16.1 Å². The van der Waals surface area contributed by atoms with Gasteiger partial charge in [0.25, 0.3) is 0 Å². The second-order valence-electron chi connectivity index (χ2n) is 5.90. The number of hydrogen-bond acceptors (Lipinski definition) is 6. The van der Waals surface area contributed by atoms with Gasteiger partial charge in [0.05, 0.1) is 29.0 Å². The molecule has 0 unspecified atom stereocenters. The highest BCUT2D eigenvalue weighted by Crippen LogP contribution is 2.40. The van der Waals surface area contributed by atoms with Gasteiger partial charge in [-0.25, -0.2) is 23.0 Å². The van der Waals surface area contributed by atoms with Crippen LogP contribution in [-0.4, -0.2) is 31.3 Å². The molecule has 138 valence electrons. The average Bonchev–Trinajstić information content (AvgIpc) is 3.07. The van der Waals surface area contributed by atoms with Gasteiger partial charge >= 0.3 is 5.97 Å². The summed E-state index contributed by atoms with van der Waals surface area (Å²) in [5, 5.41) is 9.56. The normalized spacial score (nSPS) is 12.7. The summed E-state index contributed by atoms with van der Waals surface area (Å²) in [6.07, 6.45) is 0. The molecule has 0 amide bonds. The minimum Gasteiger partial charge on any atom is -0.488 e. The van der Waals surface area contributed by atoms with Crippen LogP contribution in [-0.2, 0) is 21.4 Å². The highest BCUT2D eigenvalue weighted by Gasteiger charge is 2.30. The topological polar surface area (TPSA) is 114 Å². The third-order valence-corrected chi connectivity index (χ3v) is 5.22. The van der Waals surface area contributed by atoms with E-state index in [9.17, 15) is 13.2 Å². The molecule has 1 aromatic heterocycles. The minimum absolute atomic E-state index is 0.0100. The van der Waals surface area contributed by atoms with Crippen molar-refractivity contribution in [3.8, 4) is 22.7 Å². The van der Waals surface area contributed by atoms with Gasteiger partial charge in [-0.3, -0.25) is 0 Å². The Morgan fingerprint density at radius 3 is 2.56 bits per heavy atom. The number of para-hydroxylation sites is 1. The van der Waals surface area contributed by atoms with E-state index in [-0.39, 0.29) is 17.2 Å². The Hall–Kier alpha value is -3.17. The van der Waals surface area contributed by atoms with Gasteiger partial charge in [0.2, 0.25) is 10.0 Å². The van der Waals surface area contributed by atoms with E-state index >= 15 is 0 Å². The van der Waals surface area contributed by atoms with Gasteiger partial charge < -0.3 is 9.47 Å². The van der Waals surface area contributed by atoms with Crippen LogP contribution in [0.3, 0.4) is 0 Å². The third kappa shape index (κ3) is 2.86. The van der Waals surface area contributed by atoms with Gasteiger partial charge in [-0.15, -0.1) is 0 Å². The number of esters is 1. The van der Waals surface area contributed by atoms with Gasteiger partial charge in [-0.1, -0.05) is 12.1 Å². The molecule has 0 spiro atoms. The van der Waals surface area contributed by atoms with Crippen molar-refractivity contribution >= 4 is 16.0 Å². The van der Waals surface area contributed by atoms with Gasteiger partial charge in [0.1, 0.15) is 12.4 Å². The molecule has 9 heteroatoms. The molecule has 2 N–H and O–H groups in total. The van der Waals surface area contributed by atoms with E-state index in [0.29, 0.717) is 22.7 Å². The molecule has 8 nitrogen and oxygen atoms in total. The fraction of sp³-hybridized carbons (Fsp3) is 0.111. The number of nitrogens with two attached hydrogens (primary N) is 1. The number of methoxy groups -OCH3 is 1. The van der Waals surface area contributed by atoms with Crippen LogP contribution < -0.4 is 9.88 Å². The summed E-state index contributed by atoms with van der Waals surface area (Å²) in [4.78, 5) is 12.2. The van der Waals surface area contributed by atoms with Crippen molar-refractivity contribution in [2.45, 2.75) is 11.5 Å². The van der Waals surface area contributed by atoms with Crippen LogP contribution in [0.5, 0.6) is 5.75 Å². The Labute approximate surface area is 155 Å². The maximum atomic E-state index is 12.2. The standard InChI is InChI=1S/C18H15N3O5S/c1-25-18(22)16-14-10-26-15-5-3-2-4-13(15)17(14)21(20-16)11-6-8-12(9-7-11)27(19,23)24/h2-9H,10H2,1H3,(H2,19,23,24). The lowest BCUT2D eigenvalue weighted by molar-refractivity contribution is 0.0590. The zero-order valence-corrected chi connectivity index (χ0v) is 15.1. The number of aromatic nitrogens is 2. The molecule has 4 rings (SSSR count). The van der Waals surface area contributed by atoms with Crippen LogP contribution in [0.25, 0.3) is 16.9 Å². The number of fused-ring (bicyclic) bond motifs is 3. The van der Waals surface area contributed by atoms with E-state index in [1.807, 2.05) is 24.3 Å². The first-order valence-electron chi connectivity index (χ1n) is 7.96. The monoisotopic (exact) mass is 385 g/mol. The van der Waals surface area contributed by atoms with Crippen molar-refractivity contribution < 1.29 is 22.7 Å². The number of nitrogens with zero attached hydrogens (tertiary/aromatic N) is 2. The molecule has 0 saturated carbocycles. The third-order valence-electron chi connectivity index (χ3n) is 4.29. The van der Waals surface area contributed by atoms with E-state index in [0.717, 1.165) is 5.56 Å². The summed E-state index contributed by atoms with van der Waals surface area (Å²) >= 11 is 0. The van der Waals surface area contributed by atoms with Gasteiger partial charge in [0.15, 0.2) is 5.69 Å². The fourth-order valence-corrected chi connectivity index (χ4v) is 3.54.